The minimum absolute atomic E-state index is 0.0721. The molecule has 2 rings (SSSR count). The number of carbonyl (C=O) groups is 1. The van der Waals surface area contributed by atoms with Crippen LogP contribution >= 0.6 is 15.9 Å². The van der Waals surface area contributed by atoms with Gasteiger partial charge >= 0.3 is 0 Å². The van der Waals surface area contributed by atoms with Crippen LogP contribution in [0, 0.1) is 5.92 Å². The quantitative estimate of drug-likeness (QED) is 0.894. The van der Waals surface area contributed by atoms with Crippen molar-refractivity contribution in [2.24, 2.45) is 11.7 Å². The van der Waals surface area contributed by atoms with Gasteiger partial charge in [0.05, 0.1) is 17.7 Å². The highest BCUT2D eigenvalue weighted by Crippen LogP contribution is 2.32. The highest BCUT2D eigenvalue weighted by molar-refractivity contribution is 9.10. The molecule has 1 saturated heterocycles. The summed E-state index contributed by atoms with van der Waals surface area (Å²) in [7, 11) is 0. The molecule has 1 aromatic carbocycles. The van der Waals surface area contributed by atoms with E-state index in [9.17, 15) is 9.90 Å². The first-order chi connectivity index (χ1) is 8.99. The molecule has 2 atom stereocenters. The van der Waals surface area contributed by atoms with Crippen molar-refractivity contribution in [1.29, 1.82) is 0 Å². The number of nitrogens with zero attached hydrogens (tertiary/aromatic N) is 1. The Labute approximate surface area is 121 Å². The van der Waals surface area contributed by atoms with E-state index in [0.717, 1.165) is 35.1 Å². The number of hydrogen-bond acceptors (Lipinski definition) is 3. The molecule has 5 heteroatoms. The zero-order chi connectivity index (χ0) is 14.0. The van der Waals surface area contributed by atoms with E-state index in [0.29, 0.717) is 6.54 Å². The zero-order valence-corrected chi connectivity index (χ0v) is 12.6. The summed E-state index contributed by atoms with van der Waals surface area (Å²) in [5.74, 6) is -0.293. The summed E-state index contributed by atoms with van der Waals surface area (Å²) < 4.78 is 0.941. The number of aliphatic hydroxyl groups excluding tert-OH is 1. The molecule has 0 aliphatic carbocycles. The van der Waals surface area contributed by atoms with E-state index in [1.807, 2.05) is 18.2 Å². The molecule has 1 aliphatic heterocycles. The maximum absolute atomic E-state index is 11.3. The SMILES string of the molecule is CC(O)c1ccc(N2CCCC(C(N)=O)C2)c(Br)c1. The van der Waals surface area contributed by atoms with Crippen LogP contribution in [0.2, 0.25) is 0 Å². The smallest absolute Gasteiger partial charge is 0.222 e. The van der Waals surface area contributed by atoms with Crippen molar-refractivity contribution >= 4 is 27.5 Å². The molecule has 1 aliphatic rings. The number of anilines is 1. The van der Waals surface area contributed by atoms with Gasteiger partial charge in [-0.2, -0.15) is 0 Å². The molecule has 0 saturated carbocycles. The summed E-state index contributed by atoms with van der Waals surface area (Å²) in [6.45, 7) is 3.34. The van der Waals surface area contributed by atoms with Crippen LogP contribution in [0.15, 0.2) is 22.7 Å². The van der Waals surface area contributed by atoms with Crippen LogP contribution in [-0.2, 0) is 4.79 Å². The van der Waals surface area contributed by atoms with Crippen LogP contribution in [0.4, 0.5) is 5.69 Å². The minimum atomic E-state index is -0.481. The molecular formula is C14H19BrN2O2. The third kappa shape index (κ3) is 3.28. The number of primary amides is 1. The Morgan fingerprint density at radius 1 is 1.58 bits per heavy atom. The van der Waals surface area contributed by atoms with Gasteiger partial charge in [-0.15, -0.1) is 0 Å². The number of amides is 1. The minimum Gasteiger partial charge on any atom is -0.389 e. The fourth-order valence-corrected chi connectivity index (χ4v) is 3.11. The Hall–Kier alpha value is -1.07. The molecule has 4 nitrogen and oxygen atoms in total. The molecule has 2 unspecified atom stereocenters. The van der Waals surface area contributed by atoms with Crippen LogP contribution < -0.4 is 10.6 Å². The lowest BCUT2D eigenvalue weighted by Gasteiger charge is -2.33. The van der Waals surface area contributed by atoms with Crippen molar-refractivity contribution < 1.29 is 9.90 Å². The molecule has 0 spiro atoms. The van der Waals surface area contributed by atoms with E-state index in [4.69, 9.17) is 5.73 Å². The third-order valence-electron chi connectivity index (χ3n) is 3.62. The Morgan fingerprint density at radius 3 is 2.89 bits per heavy atom. The monoisotopic (exact) mass is 326 g/mol. The number of benzene rings is 1. The summed E-state index contributed by atoms with van der Waals surface area (Å²) in [6.07, 6.45) is 1.36. The largest absolute Gasteiger partial charge is 0.389 e. The summed E-state index contributed by atoms with van der Waals surface area (Å²) in [4.78, 5) is 13.5. The lowest BCUT2D eigenvalue weighted by atomic mass is 9.97. The van der Waals surface area contributed by atoms with Gasteiger partial charge in [0, 0.05) is 17.6 Å². The third-order valence-corrected chi connectivity index (χ3v) is 4.25. The summed E-state index contributed by atoms with van der Waals surface area (Å²) >= 11 is 3.54. The van der Waals surface area contributed by atoms with E-state index in [1.165, 1.54) is 0 Å². The highest BCUT2D eigenvalue weighted by Gasteiger charge is 2.25. The molecule has 0 aromatic heterocycles. The Kier molecular flexibility index (Phi) is 4.47. The van der Waals surface area contributed by atoms with E-state index in [-0.39, 0.29) is 11.8 Å². The van der Waals surface area contributed by atoms with Gasteiger partial charge in [-0.25, -0.2) is 0 Å². The van der Waals surface area contributed by atoms with Crippen molar-refractivity contribution in [3.63, 3.8) is 0 Å². The number of hydrogen-bond donors (Lipinski definition) is 2. The summed E-state index contributed by atoms with van der Waals surface area (Å²) in [5, 5.41) is 9.57. The standard InChI is InChI=1S/C14H19BrN2O2/c1-9(18)10-4-5-13(12(15)7-10)17-6-2-3-11(8-17)14(16)19/h4-5,7,9,11,18H,2-3,6,8H2,1H3,(H2,16,19). The fraction of sp³-hybridized carbons (Fsp3) is 0.500. The molecule has 1 heterocycles. The van der Waals surface area contributed by atoms with Crippen molar-refractivity contribution in [3.05, 3.63) is 28.2 Å². The average Bonchev–Trinajstić information content (AvgIpc) is 2.38. The predicted molar refractivity (Wildman–Crippen MR) is 78.9 cm³/mol. The van der Waals surface area contributed by atoms with Crippen molar-refractivity contribution in [1.82, 2.24) is 0 Å². The Balaban J connectivity index is 2.19. The maximum atomic E-state index is 11.3. The lowest BCUT2D eigenvalue weighted by molar-refractivity contribution is -0.122. The normalized spacial score (nSPS) is 21.2. The number of nitrogens with two attached hydrogens (primary N) is 1. The van der Waals surface area contributed by atoms with Gasteiger partial charge in [-0.3, -0.25) is 4.79 Å². The number of halogens is 1. The first kappa shape index (κ1) is 14.3. The highest BCUT2D eigenvalue weighted by atomic mass is 79.9. The molecule has 0 bridgehead atoms. The number of carbonyl (C=O) groups excluding carboxylic acids is 1. The molecule has 1 fully saturated rings. The molecule has 0 radical (unpaired) electrons. The van der Waals surface area contributed by atoms with Crippen LogP contribution in [0.1, 0.15) is 31.4 Å². The second-order valence-corrected chi connectivity index (χ2v) is 5.93. The predicted octanol–water partition coefficient (Wildman–Crippen LogP) is 2.20. The maximum Gasteiger partial charge on any atom is 0.222 e. The zero-order valence-electron chi connectivity index (χ0n) is 11.0. The van der Waals surface area contributed by atoms with Gasteiger partial charge < -0.3 is 15.7 Å². The lowest BCUT2D eigenvalue weighted by Crippen LogP contribution is -2.41. The van der Waals surface area contributed by atoms with Crippen molar-refractivity contribution in [2.75, 3.05) is 18.0 Å². The van der Waals surface area contributed by atoms with Gasteiger partial charge in [-0.05, 0) is 53.4 Å². The Morgan fingerprint density at radius 2 is 2.32 bits per heavy atom. The van der Waals surface area contributed by atoms with E-state index in [1.54, 1.807) is 6.92 Å². The van der Waals surface area contributed by atoms with Gasteiger partial charge in [0.25, 0.3) is 0 Å². The van der Waals surface area contributed by atoms with E-state index >= 15 is 0 Å². The van der Waals surface area contributed by atoms with E-state index in [2.05, 4.69) is 20.8 Å². The molecule has 104 valence electrons. The van der Waals surface area contributed by atoms with Crippen LogP contribution in [0.5, 0.6) is 0 Å². The van der Waals surface area contributed by atoms with Crippen LogP contribution in [0.3, 0.4) is 0 Å². The first-order valence-electron chi connectivity index (χ1n) is 6.51. The second kappa shape index (κ2) is 5.92. The number of rotatable bonds is 3. The topological polar surface area (TPSA) is 66.6 Å². The van der Waals surface area contributed by atoms with Crippen molar-refractivity contribution in [3.8, 4) is 0 Å². The van der Waals surface area contributed by atoms with Gasteiger partial charge in [0.15, 0.2) is 0 Å². The van der Waals surface area contributed by atoms with Gasteiger partial charge in [0.2, 0.25) is 5.91 Å². The molecule has 1 aromatic rings. The Bertz CT molecular complexity index is 477. The second-order valence-electron chi connectivity index (χ2n) is 5.07. The van der Waals surface area contributed by atoms with Gasteiger partial charge in [0.1, 0.15) is 0 Å². The number of piperidine rings is 1. The molecule has 3 N–H and O–H groups in total. The summed E-state index contributed by atoms with van der Waals surface area (Å²) in [6, 6.07) is 5.82. The number of aliphatic hydroxyl groups is 1. The van der Waals surface area contributed by atoms with E-state index < -0.39 is 6.10 Å². The van der Waals surface area contributed by atoms with Gasteiger partial charge in [-0.1, -0.05) is 6.07 Å². The molecular weight excluding hydrogens is 308 g/mol. The van der Waals surface area contributed by atoms with Crippen LogP contribution in [0.25, 0.3) is 0 Å². The molecule has 19 heavy (non-hydrogen) atoms. The average molecular weight is 327 g/mol. The molecule has 1 amide bonds. The fourth-order valence-electron chi connectivity index (χ4n) is 2.47. The first-order valence-corrected chi connectivity index (χ1v) is 7.30. The summed E-state index contributed by atoms with van der Waals surface area (Å²) in [5.41, 5.74) is 7.32. The van der Waals surface area contributed by atoms with Crippen molar-refractivity contribution in [2.45, 2.75) is 25.9 Å². The van der Waals surface area contributed by atoms with Crippen LogP contribution in [-0.4, -0.2) is 24.1 Å².